The van der Waals surface area contributed by atoms with Crippen molar-refractivity contribution in [2.45, 2.75) is 26.7 Å². The van der Waals surface area contributed by atoms with Gasteiger partial charge in [0.15, 0.2) is 6.61 Å². The zero-order valence-electron chi connectivity index (χ0n) is 18.7. The van der Waals surface area contributed by atoms with Gasteiger partial charge in [0.1, 0.15) is 11.5 Å². The number of esters is 1. The predicted octanol–water partition coefficient (Wildman–Crippen LogP) is 5.63. The first-order chi connectivity index (χ1) is 15.8. The van der Waals surface area contributed by atoms with E-state index in [0.717, 1.165) is 10.0 Å². The van der Waals surface area contributed by atoms with E-state index in [1.807, 2.05) is 43.3 Å². The number of carbonyl (C=O) groups is 2. The molecule has 0 aromatic heterocycles. The van der Waals surface area contributed by atoms with Gasteiger partial charge in [0.05, 0.1) is 11.8 Å². The second kappa shape index (κ2) is 11.4. The van der Waals surface area contributed by atoms with Crippen LogP contribution in [-0.2, 0) is 4.79 Å². The lowest BCUT2D eigenvalue weighted by Gasteiger charge is -2.10. The van der Waals surface area contributed by atoms with Crippen molar-refractivity contribution in [2.75, 3.05) is 6.61 Å². The lowest BCUT2D eigenvalue weighted by molar-refractivity contribution is -0.123. The lowest BCUT2D eigenvalue weighted by Crippen LogP contribution is -2.24. The molecule has 7 heteroatoms. The molecule has 0 bridgehead atoms. The minimum absolute atomic E-state index is 0.175. The van der Waals surface area contributed by atoms with Crippen molar-refractivity contribution >= 4 is 34.0 Å². The number of hydrogen-bond acceptors (Lipinski definition) is 5. The molecule has 3 aromatic rings. The monoisotopic (exact) mass is 508 g/mol. The van der Waals surface area contributed by atoms with Crippen LogP contribution in [0.25, 0.3) is 0 Å². The summed E-state index contributed by atoms with van der Waals surface area (Å²) in [6.45, 7) is 5.89. The summed E-state index contributed by atoms with van der Waals surface area (Å²) < 4.78 is 11.8. The first kappa shape index (κ1) is 24.2. The van der Waals surface area contributed by atoms with Crippen molar-refractivity contribution in [3.8, 4) is 11.5 Å². The molecule has 0 saturated heterocycles. The molecule has 1 amide bonds. The Bertz CT molecular complexity index is 1160. The Morgan fingerprint density at radius 3 is 2.48 bits per heavy atom. The fourth-order valence-electron chi connectivity index (χ4n) is 2.97. The molecule has 0 fully saturated rings. The van der Waals surface area contributed by atoms with Gasteiger partial charge in [0.25, 0.3) is 5.91 Å². The van der Waals surface area contributed by atoms with E-state index in [0.29, 0.717) is 28.5 Å². The molecule has 0 radical (unpaired) electrons. The molecule has 0 heterocycles. The second-order valence-electron chi connectivity index (χ2n) is 7.69. The quantitative estimate of drug-likeness (QED) is 0.185. The maximum absolute atomic E-state index is 12.6. The molecule has 0 atom stereocenters. The number of ether oxygens (including phenoxy) is 2. The van der Waals surface area contributed by atoms with E-state index in [-0.39, 0.29) is 6.61 Å². The standard InChI is InChI=1S/C26H25BrN2O4/c1-17(2)19-8-11-22(12-9-19)32-16-25(30)29-28-15-20-14-21(27)10-13-24(20)33-26(31)23-7-5-4-6-18(23)3/h4-15,17H,16H2,1-3H3,(H,29,30). The molecule has 3 aromatic carbocycles. The summed E-state index contributed by atoms with van der Waals surface area (Å²) in [4.78, 5) is 24.7. The van der Waals surface area contributed by atoms with E-state index in [2.05, 4.69) is 40.3 Å². The molecule has 6 nitrogen and oxygen atoms in total. The molecular weight excluding hydrogens is 484 g/mol. The van der Waals surface area contributed by atoms with Crippen LogP contribution in [0, 0.1) is 6.92 Å². The van der Waals surface area contributed by atoms with E-state index < -0.39 is 11.9 Å². The Labute approximate surface area is 201 Å². The number of rotatable bonds is 8. The molecule has 0 aliphatic rings. The molecule has 170 valence electrons. The predicted molar refractivity (Wildman–Crippen MR) is 132 cm³/mol. The van der Waals surface area contributed by atoms with Crippen LogP contribution in [0.3, 0.4) is 0 Å². The van der Waals surface area contributed by atoms with Gasteiger partial charge in [-0.1, -0.05) is 60.1 Å². The third kappa shape index (κ3) is 7.02. The third-order valence-corrected chi connectivity index (χ3v) is 5.34. The minimum Gasteiger partial charge on any atom is -0.484 e. The van der Waals surface area contributed by atoms with E-state index in [9.17, 15) is 9.59 Å². The first-order valence-corrected chi connectivity index (χ1v) is 11.2. The number of benzene rings is 3. The number of nitrogens with zero attached hydrogens (tertiary/aromatic N) is 1. The van der Waals surface area contributed by atoms with Gasteiger partial charge in [0.2, 0.25) is 0 Å². The lowest BCUT2D eigenvalue weighted by atomic mass is 10.0. The molecule has 0 unspecified atom stereocenters. The van der Waals surface area contributed by atoms with Crippen LogP contribution in [0.2, 0.25) is 0 Å². The number of amides is 1. The Balaban J connectivity index is 1.60. The average molecular weight is 509 g/mol. The topological polar surface area (TPSA) is 77.0 Å². The Morgan fingerprint density at radius 2 is 1.79 bits per heavy atom. The number of hydrazone groups is 1. The number of aryl methyl sites for hydroxylation is 1. The van der Waals surface area contributed by atoms with Gasteiger partial charge in [-0.3, -0.25) is 4.79 Å². The van der Waals surface area contributed by atoms with Gasteiger partial charge < -0.3 is 9.47 Å². The maximum atomic E-state index is 12.6. The summed E-state index contributed by atoms with van der Waals surface area (Å²) in [7, 11) is 0. The molecule has 0 spiro atoms. The third-order valence-electron chi connectivity index (χ3n) is 4.85. The van der Waals surface area contributed by atoms with Crippen molar-refractivity contribution in [2.24, 2.45) is 5.10 Å². The molecule has 1 N–H and O–H groups in total. The highest BCUT2D eigenvalue weighted by Gasteiger charge is 2.13. The van der Waals surface area contributed by atoms with Crippen molar-refractivity contribution in [1.29, 1.82) is 0 Å². The summed E-state index contributed by atoms with van der Waals surface area (Å²) in [5, 5.41) is 3.97. The van der Waals surface area contributed by atoms with Crippen LogP contribution in [0.5, 0.6) is 11.5 Å². The van der Waals surface area contributed by atoms with Gasteiger partial charge in [-0.15, -0.1) is 0 Å². The highest BCUT2D eigenvalue weighted by molar-refractivity contribution is 9.10. The molecule has 3 rings (SSSR count). The van der Waals surface area contributed by atoms with Crippen molar-refractivity contribution in [3.63, 3.8) is 0 Å². The van der Waals surface area contributed by atoms with Crippen LogP contribution in [0.1, 0.15) is 46.8 Å². The highest BCUT2D eigenvalue weighted by atomic mass is 79.9. The zero-order valence-corrected chi connectivity index (χ0v) is 20.3. The largest absolute Gasteiger partial charge is 0.484 e. The van der Waals surface area contributed by atoms with Crippen molar-refractivity contribution in [1.82, 2.24) is 5.43 Å². The van der Waals surface area contributed by atoms with Crippen LogP contribution < -0.4 is 14.9 Å². The fraction of sp³-hybridized carbons (Fsp3) is 0.192. The van der Waals surface area contributed by atoms with Crippen molar-refractivity contribution in [3.05, 3.63) is 93.5 Å². The van der Waals surface area contributed by atoms with Crippen LogP contribution in [0.4, 0.5) is 0 Å². The summed E-state index contributed by atoms with van der Waals surface area (Å²) in [6, 6.07) is 20.0. The van der Waals surface area contributed by atoms with Gasteiger partial charge in [-0.05, 0) is 60.4 Å². The van der Waals surface area contributed by atoms with Gasteiger partial charge >= 0.3 is 5.97 Å². The first-order valence-electron chi connectivity index (χ1n) is 10.5. The SMILES string of the molecule is Cc1ccccc1C(=O)Oc1ccc(Br)cc1C=NNC(=O)COc1ccc(C(C)C)cc1. The number of hydrogen-bond donors (Lipinski definition) is 1. The zero-order chi connectivity index (χ0) is 23.8. The average Bonchev–Trinajstić information content (AvgIpc) is 2.80. The Morgan fingerprint density at radius 1 is 1.06 bits per heavy atom. The molecular formula is C26H25BrN2O4. The number of halogens is 1. The van der Waals surface area contributed by atoms with Crippen LogP contribution in [-0.4, -0.2) is 24.7 Å². The summed E-state index contributed by atoms with van der Waals surface area (Å²) in [5.74, 6) is 0.482. The fourth-order valence-corrected chi connectivity index (χ4v) is 3.35. The van der Waals surface area contributed by atoms with Gasteiger partial charge in [-0.2, -0.15) is 5.10 Å². The van der Waals surface area contributed by atoms with E-state index in [1.54, 1.807) is 30.3 Å². The molecule has 0 saturated carbocycles. The van der Waals surface area contributed by atoms with E-state index >= 15 is 0 Å². The summed E-state index contributed by atoms with van der Waals surface area (Å²) in [6.07, 6.45) is 1.42. The molecule has 0 aliphatic heterocycles. The molecule has 0 aliphatic carbocycles. The Hall–Kier alpha value is -3.45. The molecule has 33 heavy (non-hydrogen) atoms. The van der Waals surface area contributed by atoms with E-state index in [4.69, 9.17) is 9.47 Å². The van der Waals surface area contributed by atoms with E-state index in [1.165, 1.54) is 11.8 Å². The number of nitrogens with one attached hydrogen (secondary N) is 1. The summed E-state index contributed by atoms with van der Waals surface area (Å²) >= 11 is 3.40. The van der Waals surface area contributed by atoms with Crippen LogP contribution in [0.15, 0.2) is 76.3 Å². The van der Waals surface area contributed by atoms with Crippen molar-refractivity contribution < 1.29 is 19.1 Å². The Kier molecular flexibility index (Phi) is 8.38. The highest BCUT2D eigenvalue weighted by Crippen LogP contribution is 2.23. The van der Waals surface area contributed by atoms with Crippen LogP contribution >= 0.6 is 15.9 Å². The summed E-state index contributed by atoms with van der Waals surface area (Å²) in [5.41, 5.74) is 5.45. The maximum Gasteiger partial charge on any atom is 0.343 e. The second-order valence-corrected chi connectivity index (χ2v) is 8.61. The minimum atomic E-state index is -0.467. The number of carbonyl (C=O) groups excluding carboxylic acids is 2. The smallest absolute Gasteiger partial charge is 0.343 e. The van der Waals surface area contributed by atoms with Gasteiger partial charge in [0, 0.05) is 10.0 Å². The van der Waals surface area contributed by atoms with Gasteiger partial charge in [-0.25, -0.2) is 10.2 Å². The normalized spacial score (nSPS) is 10.9.